The second kappa shape index (κ2) is 6.42. The van der Waals surface area contributed by atoms with Crippen LogP contribution in [0.15, 0.2) is 70.1 Å². The van der Waals surface area contributed by atoms with Crippen LogP contribution in [-0.2, 0) is 6.42 Å². The maximum Gasteiger partial charge on any atom is 0.266 e. The van der Waals surface area contributed by atoms with Gasteiger partial charge in [0.05, 0.1) is 0 Å². The fraction of sp³-hybridized carbons (Fsp3) is 0.0588. The Balaban J connectivity index is 2.32. The molecule has 0 fully saturated rings. The lowest BCUT2D eigenvalue weighted by atomic mass is 10.1. The van der Waals surface area contributed by atoms with Gasteiger partial charge in [0, 0.05) is 28.2 Å². The monoisotopic (exact) mass is 376 g/mol. The van der Waals surface area contributed by atoms with Crippen molar-refractivity contribution in [2.45, 2.75) is 6.42 Å². The average Bonchev–Trinajstić information content (AvgIpc) is 2.53. The molecule has 0 aliphatic carbocycles. The van der Waals surface area contributed by atoms with Crippen molar-refractivity contribution in [1.82, 2.24) is 9.55 Å². The molecule has 0 radical (unpaired) electrons. The minimum Gasteiger partial charge on any atom is -0.268 e. The first-order valence-corrected chi connectivity index (χ1v) is 7.62. The molecule has 6 heteroatoms. The maximum atomic E-state index is 12.8. The van der Waals surface area contributed by atoms with Gasteiger partial charge in [-0.1, -0.05) is 22.0 Å². The summed E-state index contributed by atoms with van der Waals surface area (Å²) in [7, 11) is 0. The van der Waals surface area contributed by atoms with E-state index in [0.29, 0.717) is 22.3 Å². The van der Waals surface area contributed by atoms with Crippen molar-refractivity contribution in [2.24, 2.45) is 0 Å². The molecule has 0 bridgehead atoms. The van der Waals surface area contributed by atoms with Gasteiger partial charge >= 0.3 is 0 Å². The van der Waals surface area contributed by atoms with Crippen molar-refractivity contribution >= 4 is 26.7 Å². The lowest BCUT2D eigenvalue weighted by molar-refractivity contribution is 0.418. The maximum absolute atomic E-state index is 12.8. The Bertz CT molecular complexity index is 948. The average molecular weight is 377 g/mol. The summed E-state index contributed by atoms with van der Waals surface area (Å²) in [5.41, 5.74) is 0.170. The van der Waals surface area contributed by atoms with Gasteiger partial charge in [0.1, 0.15) is 5.82 Å². The molecule has 23 heavy (non-hydrogen) atoms. The molecule has 1 aromatic carbocycles. The smallest absolute Gasteiger partial charge is 0.266 e. The molecule has 0 atom stereocenters. The van der Waals surface area contributed by atoms with E-state index >= 15 is 0 Å². The number of nitrogens with zero attached hydrogens (tertiary/aromatic N) is 2. The van der Waals surface area contributed by atoms with Crippen LogP contribution in [-0.4, -0.2) is 9.55 Å². The predicted octanol–water partition coefficient (Wildman–Crippen LogP) is 4.47. The molecule has 2 aromatic heterocycles. The summed E-state index contributed by atoms with van der Waals surface area (Å²) in [4.78, 5) is 17.0. The van der Waals surface area contributed by atoms with Crippen LogP contribution in [0.5, 0.6) is 0 Å². The van der Waals surface area contributed by atoms with Crippen LogP contribution in [0, 0.1) is 0 Å². The minimum absolute atomic E-state index is 0.0589. The highest BCUT2D eigenvalue weighted by Gasteiger charge is 2.12. The van der Waals surface area contributed by atoms with Crippen molar-refractivity contribution in [3.05, 3.63) is 81.3 Å². The van der Waals surface area contributed by atoms with Crippen LogP contribution >= 0.6 is 15.9 Å². The van der Waals surface area contributed by atoms with Crippen molar-refractivity contribution in [2.75, 3.05) is 0 Å². The first kappa shape index (κ1) is 15.6. The summed E-state index contributed by atoms with van der Waals surface area (Å²) in [6.45, 7) is 0. The van der Waals surface area contributed by atoms with Gasteiger partial charge in [-0.25, -0.2) is 4.98 Å². The standard InChI is InChI=1S/C17H11BrF2N2O/c18-12-4-6-14-11(9-12)10-13(5-7-15(19)20)22(17(14)23)16-3-1-2-8-21-16/h1-4,6-10H,5H2. The van der Waals surface area contributed by atoms with Gasteiger partial charge in [0.2, 0.25) is 0 Å². The molecular formula is C17H11BrF2N2O. The van der Waals surface area contributed by atoms with E-state index in [-0.39, 0.29) is 12.0 Å². The fourth-order valence-electron chi connectivity index (χ4n) is 2.41. The van der Waals surface area contributed by atoms with E-state index in [4.69, 9.17) is 0 Å². The molecule has 0 saturated heterocycles. The minimum atomic E-state index is -1.78. The molecule has 0 aliphatic heterocycles. The predicted molar refractivity (Wildman–Crippen MR) is 89.0 cm³/mol. The number of rotatable bonds is 3. The normalized spacial score (nSPS) is 10.7. The van der Waals surface area contributed by atoms with Gasteiger partial charge in [-0.3, -0.25) is 9.36 Å². The van der Waals surface area contributed by atoms with Gasteiger partial charge in [0.25, 0.3) is 11.6 Å². The van der Waals surface area contributed by atoms with E-state index in [9.17, 15) is 13.6 Å². The Hall–Kier alpha value is -2.34. The molecule has 0 aliphatic rings. The molecule has 0 saturated carbocycles. The molecule has 2 heterocycles. The Morgan fingerprint density at radius 2 is 2.04 bits per heavy atom. The highest BCUT2D eigenvalue weighted by molar-refractivity contribution is 9.10. The van der Waals surface area contributed by atoms with Gasteiger partial charge in [-0.15, -0.1) is 0 Å². The Morgan fingerprint density at radius 1 is 1.22 bits per heavy atom. The number of allylic oxidation sites excluding steroid dienone is 1. The number of aromatic nitrogens is 2. The number of halogens is 3. The Labute approximate surface area is 139 Å². The number of benzene rings is 1. The summed E-state index contributed by atoms with van der Waals surface area (Å²) in [5, 5.41) is 1.20. The zero-order valence-corrected chi connectivity index (χ0v) is 13.4. The number of pyridine rings is 2. The van der Waals surface area contributed by atoms with Gasteiger partial charge < -0.3 is 0 Å². The molecule has 3 rings (SSSR count). The quantitative estimate of drug-likeness (QED) is 0.675. The van der Waals surface area contributed by atoms with Crippen LogP contribution in [0.1, 0.15) is 5.69 Å². The second-order valence-electron chi connectivity index (χ2n) is 4.89. The summed E-state index contributed by atoms with van der Waals surface area (Å²) in [6, 6.07) is 12.1. The first-order chi connectivity index (χ1) is 11.1. The zero-order chi connectivity index (χ0) is 16.4. The van der Waals surface area contributed by atoms with E-state index < -0.39 is 6.08 Å². The molecule has 3 nitrogen and oxygen atoms in total. The second-order valence-corrected chi connectivity index (χ2v) is 5.81. The van der Waals surface area contributed by atoms with Crippen LogP contribution in [0.25, 0.3) is 16.6 Å². The summed E-state index contributed by atoms with van der Waals surface area (Å²) in [5.74, 6) is 0.407. The number of hydrogen-bond donors (Lipinski definition) is 0. The summed E-state index contributed by atoms with van der Waals surface area (Å²) >= 11 is 3.35. The van der Waals surface area contributed by atoms with E-state index in [1.807, 2.05) is 0 Å². The number of fused-ring (bicyclic) bond motifs is 1. The SMILES string of the molecule is O=c1c2ccc(Br)cc2cc(CC=C(F)F)n1-c1ccccn1. The molecular weight excluding hydrogens is 366 g/mol. The Morgan fingerprint density at radius 3 is 2.74 bits per heavy atom. The molecule has 0 amide bonds. The Kier molecular flexibility index (Phi) is 4.34. The summed E-state index contributed by atoms with van der Waals surface area (Å²) < 4.78 is 27.2. The van der Waals surface area contributed by atoms with Crippen molar-refractivity contribution in [1.29, 1.82) is 0 Å². The topological polar surface area (TPSA) is 34.9 Å². The lowest BCUT2D eigenvalue weighted by Crippen LogP contribution is -2.22. The molecule has 116 valence electrons. The molecule has 0 unspecified atom stereocenters. The van der Waals surface area contributed by atoms with E-state index in [2.05, 4.69) is 20.9 Å². The van der Waals surface area contributed by atoms with Gasteiger partial charge in [0.15, 0.2) is 0 Å². The molecule has 0 spiro atoms. The van der Waals surface area contributed by atoms with E-state index in [1.54, 1.807) is 48.7 Å². The number of hydrogen-bond acceptors (Lipinski definition) is 2. The van der Waals surface area contributed by atoms with Crippen molar-refractivity contribution < 1.29 is 8.78 Å². The largest absolute Gasteiger partial charge is 0.268 e. The highest BCUT2D eigenvalue weighted by atomic mass is 79.9. The highest BCUT2D eigenvalue weighted by Crippen LogP contribution is 2.20. The van der Waals surface area contributed by atoms with Gasteiger partial charge in [-0.2, -0.15) is 8.78 Å². The van der Waals surface area contributed by atoms with Crippen LogP contribution < -0.4 is 5.56 Å². The zero-order valence-electron chi connectivity index (χ0n) is 11.8. The first-order valence-electron chi connectivity index (χ1n) is 6.83. The third-order valence-corrected chi connectivity index (χ3v) is 3.89. The summed E-state index contributed by atoms with van der Waals surface area (Å²) in [6.07, 6.45) is 0.511. The van der Waals surface area contributed by atoms with Crippen LogP contribution in [0.3, 0.4) is 0 Å². The molecule has 3 aromatic rings. The lowest BCUT2D eigenvalue weighted by Gasteiger charge is -2.12. The van der Waals surface area contributed by atoms with Gasteiger partial charge in [-0.05, 0) is 47.9 Å². The fourth-order valence-corrected chi connectivity index (χ4v) is 2.79. The van der Waals surface area contributed by atoms with Crippen molar-refractivity contribution in [3.63, 3.8) is 0 Å². The van der Waals surface area contributed by atoms with Crippen LogP contribution in [0.2, 0.25) is 0 Å². The molecule has 0 N–H and O–H groups in total. The third-order valence-electron chi connectivity index (χ3n) is 3.40. The van der Waals surface area contributed by atoms with Crippen LogP contribution in [0.4, 0.5) is 8.78 Å². The third kappa shape index (κ3) is 3.22. The van der Waals surface area contributed by atoms with E-state index in [1.165, 1.54) is 4.57 Å². The van der Waals surface area contributed by atoms with Crippen molar-refractivity contribution in [3.8, 4) is 5.82 Å². The van der Waals surface area contributed by atoms with E-state index in [0.717, 1.165) is 10.5 Å².